The molecule has 8 nitrogen and oxygen atoms in total. The molecule has 144 valence electrons. The molecule has 0 unspecified atom stereocenters. The molecule has 2 aromatic rings. The third-order valence-corrected chi connectivity index (χ3v) is 4.66. The van der Waals surface area contributed by atoms with Gasteiger partial charge < -0.3 is 19.1 Å². The van der Waals surface area contributed by atoms with E-state index in [9.17, 15) is 9.59 Å². The topological polar surface area (TPSA) is 90.0 Å². The lowest BCUT2D eigenvalue weighted by Gasteiger charge is -2.26. The van der Waals surface area contributed by atoms with E-state index in [0.717, 1.165) is 5.56 Å². The summed E-state index contributed by atoms with van der Waals surface area (Å²) in [4.78, 5) is 30.0. The van der Waals surface area contributed by atoms with E-state index < -0.39 is 0 Å². The van der Waals surface area contributed by atoms with Crippen molar-refractivity contribution in [2.45, 2.75) is 0 Å². The quantitative estimate of drug-likeness (QED) is 0.772. The second-order valence-electron chi connectivity index (χ2n) is 5.80. The SMILES string of the molecule is COCC(=O)Nc1nc(-c2ccccc2OCC(=O)N2CCOCC2)cs1. The zero-order valence-electron chi connectivity index (χ0n) is 15.0. The van der Waals surface area contributed by atoms with Crippen LogP contribution in [0.1, 0.15) is 0 Å². The van der Waals surface area contributed by atoms with Crippen molar-refractivity contribution < 1.29 is 23.8 Å². The predicted molar refractivity (Wildman–Crippen MR) is 101 cm³/mol. The summed E-state index contributed by atoms with van der Waals surface area (Å²) in [6.45, 7) is 2.20. The van der Waals surface area contributed by atoms with E-state index in [1.807, 2.05) is 23.6 Å². The third kappa shape index (κ3) is 5.25. The minimum absolute atomic E-state index is 0.0295. The normalized spacial score (nSPS) is 14.0. The van der Waals surface area contributed by atoms with Crippen molar-refractivity contribution in [3.8, 4) is 17.0 Å². The fourth-order valence-corrected chi connectivity index (χ4v) is 3.32. The van der Waals surface area contributed by atoms with Gasteiger partial charge >= 0.3 is 0 Å². The zero-order chi connectivity index (χ0) is 19.1. The molecule has 2 amide bonds. The number of nitrogens with one attached hydrogen (secondary N) is 1. The molecule has 9 heteroatoms. The van der Waals surface area contributed by atoms with Gasteiger partial charge in [0.05, 0.1) is 18.9 Å². The van der Waals surface area contributed by atoms with Crippen molar-refractivity contribution in [1.29, 1.82) is 0 Å². The monoisotopic (exact) mass is 391 g/mol. The number of hydrogen-bond donors (Lipinski definition) is 1. The average Bonchev–Trinajstić information content (AvgIpc) is 3.15. The second-order valence-corrected chi connectivity index (χ2v) is 6.66. The Morgan fingerprint density at radius 1 is 1.26 bits per heavy atom. The highest BCUT2D eigenvalue weighted by atomic mass is 32.1. The molecule has 1 saturated heterocycles. The van der Waals surface area contributed by atoms with Crippen LogP contribution in [0.2, 0.25) is 0 Å². The molecule has 1 fully saturated rings. The number of benzene rings is 1. The maximum absolute atomic E-state index is 12.3. The molecule has 1 N–H and O–H groups in total. The molecule has 1 aliphatic rings. The van der Waals surface area contributed by atoms with Gasteiger partial charge in [-0.05, 0) is 12.1 Å². The number of carbonyl (C=O) groups is 2. The van der Waals surface area contributed by atoms with Gasteiger partial charge in [0.25, 0.3) is 11.8 Å². The maximum Gasteiger partial charge on any atom is 0.260 e. The van der Waals surface area contributed by atoms with Crippen molar-refractivity contribution >= 4 is 28.3 Å². The minimum Gasteiger partial charge on any atom is -0.483 e. The van der Waals surface area contributed by atoms with E-state index in [-0.39, 0.29) is 25.0 Å². The summed E-state index contributed by atoms with van der Waals surface area (Å²) in [7, 11) is 1.46. The lowest BCUT2D eigenvalue weighted by Crippen LogP contribution is -2.43. The molecule has 1 aromatic heterocycles. The number of carbonyl (C=O) groups excluding carboxylic acids is 2. The van der Waals surface area contributed by atoms with Gasteiger partial charge in [-0.15, -0.1) is 11.3 Å². The summed E-state index contributed by atoms with van der Waals surface area (Å²) >= 11 is 1.31. The lowest BCUT2D eigenvalue weighted by molar-refractivity contribution is -0.137. The Morgan fingerprint density at radius 2 is 2.04 bits per heavy atom. The number of thiazole rings is 1. The lowest BCUT2D eigenvalue weighted by atomic mass is 10.1. The van der Waals surface area contributed by atoms with Crippen LogP contribution in [0.3, 0.4) is 0 Å². The van der Waals surface area contributed by atoms with Crippen LogP contribution in [0.4, 0.5) is 5.13 Å². The maximum atomic E-state index is 12.3. The number of nitrogens with zero attached hydrogens (tertiary/aromatic N) is 2. The Bertz CT molecular complexity index is 789. The number of rotatable bonds is 7. The highest BCUT2D eigenvalue weighted by Crippen LogP contribution is 2.32. The second kappa shape index (κ2) is 9.45. The first-order valence-electron chi connectivity index (χ1n) is 8.49. The summed E-state index contributed by atoms with van der Waals surface area (Å²) in [5, 5.41) is 4.98. The van der Waals surface area contributed by atoms with Crippen LogP contribution in [0.5, 0.6) is 5.75 Å². The number of para-hydroxylation sites is 1. The highest BCUT2D eigenvalue weighted by molar-refractivity contribution is 7.14. The Hall–Kier alpha value is -2.49. The number of methoxy groups -OCH3 is 1. The zero-order valence-corrected chi connectivity index (χ0v) is 15.8. The molecule has 1 aliphatic heterocycles. The predicted octanol–water partition coefficient (Wildman–Crippen LogP) is 1.63. The number of morpholine rings is 1. The van der Waals surface area contributed by atoms with Crippen molar-refractivity contribution in [1.82, 2.24) is 9.88 Å². The summed E-state index contributed by atoms with van der Waals surface area (Å²) in [6.07, 6.45) is 0. The third-order valence-electron chi connectivity index (χ3n) is 3.90. The van der Waals surface area contributed by atoms with Gasteiger partial charge in [0.1, 0.15) is 12.4 Å². The molecular formula is C18H21N3O5S. The van der Waals surface area contributed by atoms with Crippen LogP contribution in [0, 0.1) is 0 Å². The van der Waals surface area contributed by atoms with Gasteiger partial charge in [-0.1, -0.05) is 12.1 Å². The van der Waals surface area contributed by atoms with Gasteiger partial charge in [0.2, 0.25) is 0 Å². The molecule has 3 rings (SSSR count). The van der Waals surface area contributed by atoms with Crippen LogP contribution in [0.25, 0.3) is 11.3 Å². The molecule has 1 aromatic carbocycles. The molecule has 0 bridgehead atoms. The number of anilines is 1. The highest BCUT2D eigenvalue weighted by Gasteiger charge is 2.18. The van der Waals surface area contributed by atoms with Crippen LogP contribution in [0.15, 0.2) is 29.6 Å². The van der Waals surface area contributed by atoms with Crippen molar-refractivity contribution in [3.05, 3.63) is 29.6 Å². The standard InChI is InChI=1S/C18H21N3O5S/c1-24-10-16(22)20-18-19-14(12-27-18)13-4-2-3-5-15(13)26-11-17(23)21-6-8-25-9-7-21/h2-5,12H,6-11H2,1H3,(H,19,20,22). The van der Waals surface area contributed by atoms with E-state index in [4.69, 9.17) is 14.2 Å². The first-order valence-corrected chi connectivity index (χ1v) is 9.37. The first-order chi connectivity index (χ1) is 13.2. The molecule has 0 spiro atoms. The fourth-order valence-electron chi connectivity index (χ4n) is 2.59. The van der Waals surface area contributed by atoms with Gasteiger partial charge in [0, 0.05) is 31.1 Å². The first kappa shape index (κ1) is 19.3. The molecule has 27 heavy (non-hydrogen) atoms. The van der Waals surface area contributed by atoms with E-state index >= 15 is 0 Å². The van der Waals surface area contributed by atoms with Crippen LogP contribution >= 0.6 is 11.3 Å². The molecular weight excluding hydrogens is 370 g/mol. The van der Waals surface area contributed by atoms with E-state index in [1.54, 1.807) is 11.0 Å². The van der Waals surface area contributed by atoms with Crippen molar-refractivity contribution in [2.24, 2.45) is 0 Å². The van der Waals surface area contributed by atoms with Gasteiger partial charge in [-0.3, -0.25) is 14.9 Å². The van der Waals surface area contributed by atoms with E-state index in [0.29, 0.717) is 42.9 Å². The summed E-state index contributed by atoms with van der Waals surface area (Å²) in [6, 6.07) is 7.37. The minimum atomic E-state index is -0.265. The Morgan fingerprint density at radius 3 is 2.81 bits per heavy atom. The fraction of sp³-hybridized carbons (Fsp3) is 0.389. The molecule has 0 atom stereocenters. The van der Waals surface area contributed by atoms with E-state index in [2.05, 4.69) is 10.3 Å². The summed E-state index contributed by atoms with van der Waals surface area (Å²) in [5.74, 6) is 0.233. The number of ether oxygens (including phenoxy) is 3. The summed E-state index contributed by atoms with van der Waals surface area (Å²) in [5.41, 5.74) is 1.43. The van der Waals surface area contributed by atoms with Crippen molar-refractivity contribution in [3.63, 3.8) is 0 Å². The molecule has 0 aliphatic carbocycles. The Balaban J connectivity index is 1.66. The van der Waals surface area contributed by atoms with Gasteiger partial charge in [-0.2, -0.15) is 0 Å². The summed E-state index contributed by atoms with van der Waals surface area (Å²) < 4.78 is 15.8. The van der Waals surface area contributed by atoms with Crippen molar-refractivity contribution in [2.75, 3.05) is 51.9 Å². The van der Waals surface area contributed by atoms with Crippen LogP contribution < -0.4 is 10.1 Å². The smallest absolute Gasteiger partial charge is 0.260 e. The Labute approximate surface area is 161 Å². The van der Waals surface area contributed by atoms with E-state index in [1.165, 1.54) is 18.4 Å². The number of aromatic nitrogens is 1. The largest absolute Gasteiger partial charge is 0.483 e. The number of hydrogen-bond acceptors (Lipinski definition) is 7. The van der Waals surface area contributed by atoms with Crippen LogP contribution in [-0.4, -0.2) is 68.3 Å². The Kier molecular flexibility index (Phi) is 6.74. The molecule has 0 saturated carbocycles. The van der Waals surface area contributed by atoms with Gasteiger partial charge in [-0.25, -0.2) is 4.98 Å². The van der Waals surface area contributed by atoms with Crippen LogP contribution in [-0.2, 0) is 19.1 Å². The van der Waals surface area contributed by atoms with Gasteiger partial charge in [0.15, 0.2) is 11.7 Å². The average molecular weight is 391 g/mol. The molecule has 2 heterocycles. The molecule has 0 radical (unpaired) electrons. The number of amides is 2.